The van der Waals surface area contributed by atoms with E-state index in [1.165, 1.54) is 100 Å². The molecule has 2 nitrogen and oxygen atoms in total. The highest BCUT2D eigenvalue weighted by atomic mass is 15.2. The SMILES string of the molecule is C=Cc1ccc(C2(c3ccccc3)c3ccccc3-c3ccc(N(c4ccccc4)c4ccc5c(c4)[C@@]4(c6ccccc6-c6ccc(N(C7=CC8(C)C(C=C7)c7ccccc7C8(c7ccccc7)c7ccc(C=C)cc7)c7ccccc7)cc64)c4ccccc4-5)cc32)cc1. The van der Waals surface area contributed by atoms with Gasteiger partial charge in [-0.3, -0.25) is 0 Å². The van der Waals surface area contributed by atoms with Crippen LogP contribution in [0.15, 0.2) is 359 Å². The van der Waals surface area contributed by atoms with Gasteiger partial charge in [-0.25, -0.2) is 0 Å². The minimum absolute atomic E-state index is 0.0904. The molecule has 5 atom stereocenters. The van der Waals surface area contributed by atoms with E-state index < -0.39 is 21.7 Å². The first-order valence-electron chi connectivity index (χ1n) is 32.9. The highest BCUT2D eigenvalue weighted by Gasteiger charge is 2.61. The second kappa shape index (κ2) is 21.2. The minimum Gasteiger partial charge on any atom is -0.311 e. The van der Waals surface area contributed by atoms with E-state index in [4.69, 9.17) is 0 Å². The van der Waals surface area contributed by atoms with Gasteiger partial charge in [-0.2, -0.15) is 0 Å². The highest BCUT2D eigenvalue weighted by molar-refractivity contribution is 5.98. The molecule has 0 amide bonds. The third-order valence-corrected chi connectivity index (χ3v) is 21.8. The first kappa shape index (κ1) is 55.3. The number of hydrogen-bond donors (Lipinski definition) is 0. The number of rotatable bonds is 12. The fourth-order valence-electron chi connectivity index (χ4n) is 18.0. The van der Waals surface area contributed by atoms with Crippen molar-refractivity contribution in [3.05, 3.63) is 436 Å². The third-order valence-electron chi connectivity index (χ3n) is 21.8. The Balaban J connectivity index is 0.845. The smallest absolute Gasteiger partial charge is 0.0727 e. The molecule has 0 N–H and O–H groups in total. The molecule has 4 unspecified atom stereocenters. The lowest BCUT2D eigenvalue weighted by molar-refractivity contribution is 0.286. The van der Waals surface area contributed by atoms with Crippen LogP contribution in [0, 0.1) is 5.41 Å². The topological polar surface area (TPSA) is 6.48 Å². The molecule has 0 heterocycles. The summed E-state index contributed by atoms with van der Waals surface area (Å²) in [6, 6.07) is 121. The fourth-order valence-corrected chi connectivity index (χ4v) is 18.0. The summed E-state index contributed by atoms with van der Waals surface area (Å²) in [7, 11) is 0. The van der Waals surface area contributed by atoms with Gasteiger partial charge < -0.3 is 9.80 Å². The van der Waals surface area contributed by atoms with Gasteiger partial charge in [0.25, 0.3) is 0 Å². The zero-order chi connectivity index (χ0) is 62.8. The largest absolute Gasteiger partial charge is 0.311 e. The van der Waals surface area contributed by atoms with Gasteiger partial charge in [-0.05, 0) is 178 Å². The lowest BCUT2D eigenvalue weighted by Gasteiger charge is -2.48. The van der Waals surface area contributed by atoms with E-state index in [1.54, 1.807) is 0 Å². The van der Waals surface area contributed by atoms with Crippen LogP contribution in [-0.4, -0.2) is 0 Å². The predicted octanol–water partition coefficient (Wildman–Crippen LogP) is 22.9. The molecule has 13 aromatic rings. The van der Waals surface area contributed by atoms with Crippen molar-refractivity contribution >= 4 is 40.6 Å². The van der Waals surface area contributed by atoms with Crippen LogP contribution in [0.4, 0.5) is 28.4 Å². The Bertz CT molecular complexity index is 5240. The van der Waals surface area contributed by atoms with E-state index in [9.17, 15) is 0 Å². The van der Waals surface area contributed by atoms with Gasteiger partial charge in [0.2, 0.25) is 0 Å². The highest BCUT2D eigenvalue weighted by Crippen LogP contribution is 2.69. The normalized spacial score (nSPS) is 20.1. The summed E-state index contributed by atoms with van der Waals surface area (Å²) in [6.07, 6.45) is 11.4. The molecular weight excluding hydrogens is 1130 g/mol. The van der Waals surface area contributed by atoms with Crippen LogP contribution >= 0.6 is 0 Å². The number of benzene rings is 13. The van der Waals surface area contributed by atoms with E-state index in [0.29, 0.717) is 0 Å². The van der Waals surface area contributed by atoms with Crippen LogP contribution in [0.3, 0.4) is 0 Å². The van der Waals surface area contributed by atoms with Crippen molar-refractivity contribution in [2.24, 2.45) is 5.41 Å². The van der Waals surface area contributed by atoms with Crippen LogP contribution in [-0.2, 0) is 16.2 Å². The Morgan fingerprint density at radius 1 is 0.309 bits per heavy atom. The summed E-state index contributed by atoms with van der Waals surface area (Å²) in [5.41, 5.74) is 29.3. The molecule has 0 saturated heterocycles. The summed E-state index contributed by atoms with van der Waals surface area (Å²) >= 11 is 0. The summed E-state index contributed by atoms with van der Waals surface area (Å²) in [5, 5.41) is 0. The maximum Gasteiger partial charge on any atom is 0.0727 e. The summed E-state index contributed by atoms with van der Waals surface area (Å²) in [5.74, 6) is 0.0904. The van der Waals surface area contributed by atoms with Crippen LogP contribution in [0.25, 0.3) is 45.5 Å². The molecule has 5 aliphatic rings. The number of anilines is 5. The van der Waals surface area contributed by atoms with Gasteiger partial charge >= 0.3 is 0 Å². The van der Waals surface area contributed by atoms with Crippen molar-refractivity contribution in [2.75, 3.05) is 9.80 Å². The van der Waals surface area contributed by atoms with Gasteiger partial charge in [0.05, 0.1) is 16.2 Å². The molecule has 0 fully saturated rings. The second-order valence-corrected chi connectivity index (χ2v) is 26.1. The van der Waals surface area contributed by atoms with Crippen molar-refractivity contribution in [3.8, 4) is 33.4 Å². The third kappa shape index (κ3) is 7.60. The maximum absolute atomic E-state index is 4.16. The van der Waals surface area contributed by atoms with Gasteiger partial charge in [0.1, 0.15) is 0 Å². The van der Waals surface area contributed by atoms with E-state index in [0.717, 1.165) is 45.3 Å². The van der Waals surface area contributed by atoms with Crippen LogP contribution in [0.1, 0.15) is 90.7 Å². The molecule has 0 saturated carbocycles. The Morgan fingerprint density at radius 2 is 0.670 bits per heavy atom. The zero-order valence-electron chi connectivity index (χ0n) is 52.4. The molecule has 5 aliphatic carbocycles. The molecule has 1 spiro atoms. The average Bonchev–Trinajstić information content (AvgIpc) is 1.51. The fraction of sp³-hybridized carbons (Fsp3) is 0.0652. The standard InChI is InChI=1S/C92H66N2/c1-4-62-42-46-65(47-43-62)90(64-26-10-6-11-27-64)82-38-22-18-34-74(82)77-54-50-70(58-86(77)90)93(68-30-14-8-15-31-68)71-51-55-78-75-35-19-23-39-83(75)91(87(78)59-71)84-40-24-20-36-76(84)79-56-52-72(60-88(79)91)94(69-32-16-9-17-33-69)73-53-57-81-80-37-21-25-41-85(80)92(89(81,3)61-73,66-28-12-7-13-29-66)67-48-44-63(5-2)45-49-67/h4-61,81H,1-2H2,3H3/t81?,89?,90?,91-,92?/m0/s1. The summed E-state index contributed by atoms with van der Waals surface area (Å²) < 4.78 is 0. The van der Waals surface area contributed by atoms with Gasteiger partial charge in [-0.1, -0.05) is 305 Å². The summed E-state index contributed by atoms with van der Waals surface area (Å²) in [4.78, 5) is 5.02. The molecule has 0 aromatic heterocycles. The quantitative estimate of drug-likeness (QED) is 0.120. The molecule has 0 bridgehead atoms. The Labute approximate surface area is 551 Å². The van der Waals surface area contributed by atoms with Crippen molar-refractivity contribution in [1.82, 2.24) is 0 Å². The summed E-state index contributed by atoms with van der Waals surface area (Å²) in [6.45, 7) is 10.8. The number of fused-ring (bicyclic) bond motifs is 16. The molecule has 18 rings (SSSR count). The number of para-hydroxylation sites is 2. The predicted molar refractivity (Wildman–Crippen MR) is 391 cm³/mol. The van der Waals surface area contributed by atoms with Crippen LogP contribution < -0.4 is 9.80 Å². The van der Waals surface area contributed by atoms with Crippen molar-refractivity contribution in [1.29, 1.82) is 0 Å². The molecule has 94 heavy (non-hydrogen) atoms. The molecule has 444 valence electrons. The van der Waals surface area contributed by atoms with E-state index in [1.807, 2.05) is 12.2 Å². The Morgan fingerprint density at radius 3 is 1.17 bits per heavy atom. The lowest BCUT2D eigenvalue weighted by Crippen LogP contribution is -2.44. The van der Waals surface area contributed by atoms with Gasteiger partial charge in [-0.15, -0.1) is 0 Å². The minimum atomic E-state index is -0.685. The van der Waals surface area contributed by atoms with E-state index >= 15 is 0 Å². The first-order valence-corrected chi connectivity index (χ1v) is 32.9. The van der Waals surface area contributed by atoms with Crippen molar-refractivity contribution in [3.63, 3.8) is 0 Å². The van der Waals surface area contributed by atoms with Crippen molar-refractivity contribution < 1.29 is 0 Å². The van der Waals surface area contributed by atoms with Gasteiger partial charge in [0, 0.05) is 45.5 Å². The number of nitrogens with zero attached hydrogens (tertiary/aromatic N) is 2. The molecular formula is C92H66N2. The number of hydrogen-bond acceptors (Lipinski definition) is 2. The van der Waals surface area contributed by atoms with E-state index in [-0.39, 0.29) is 5.92 Å². The first-order chi connectivity index (χ1) is 46.4. The van der Waals surface area contributed by atoms with Crippen molar-refractivity contribution in [2.45, 2.75) is 29.1 Å². The Hall–Kier alpha value is -11.6. The molecule has 0 radical (unpaired) electrons. The maximum atomic E-state index is 4.16. The lowest BCUT2D eigenvalue weighted by atomic mass is 9.54. The van der Waals surface area contributed by atoms with Crippen LogP contribution in [0.2, 0.25) is 0 Å². The molecule has 0 aliphatic heterocycles. The van der Waals surface area contributed by atoms with E-state index in [2.05, 4.69) is 370 Å². The monoisotopic (exact) mass is 1200 g/mol. The average molecular weight is 1200 g/mol. The molecule has 2 heteroatoms. The van der Waals surface area contributed by atoms with Gasteiger partial charge in [0.15, 0.2) is 0 Å². The second-order valence-electron chi connectivity index (χ2n) is 26.1. The Kier molecular flexibility index (Phi) is 12.5. The zero-order valence-corrected chi connectivity index (χ0v) is 52.4. The number of allylic oxidation sites excluding steroid dienone is 3. The van der Waals surface area contributed by atoms with Crippen LogP contribution in [0.5, 0.6) is 0 Å². The molecule has 13 aromatic carbocycles.